The van der Waals surface area contributed by atoms with Gasteiger partial charge in [-0.2, -0.15) is 0 Å². The number of ether oxygens (including phenoxy) is 1. The second-order valence-electron chi connectivity index (χ2n) is 3.96. The summed E-state index contributed by atoms with van der Waals surface area (Å²) in [4.78, 5) is 15.3. The molecule has 0 fully saturated rings. The first-order chi connectivity index (χ1) is 8.24. The molecular weight excluding hydrogens is 216 g/mol. The SMILES string of the molecule is CCCCOC(=O)CN[C@H](C)c1ccncc1. The van der Waals surface area contributed by atoms with Crippen molar-refractivity contribution in [1.82, 2.24) is 10.3 Å². The third-order valence-corrected chi connectivity index (χ3v) is 2.52. The fourth-order valence-electron chi connectivity index (χ4n) is 1.39. The lowest BCUT2D eigenvalue weighted by molar-refractivity contribution is -0.142. The first kappa shape index (κ1) is 13.6. The fourth-order valence-corrected chi connectivity index (χ4v) is 1.39. The van der Waals surface area contributed by atoms with Crippen molar-refractivity contribution < 1.29 is 9.53 Å². The molecule has 0 unspecified atom stereocenters. The molecule has 0 aliphatic rings. The number of hydrogen-bond acceptors (Lipinski definition) is 4. The van der Waals surface area contributed by atoms with E-state index < -0.39 is 0 Å². The van der Waals surface area contributed by atoms with E-state index in [1.165, 1.54) is 0 Å². The number of aromatic nitrogens is 1. The van der Waals surface area contributed by atoms with Gasteiger partial charge in [-0.05, 0) is 31.0 Å². The molecule has 0 aliphatic heterocycles. The highest BCUT2D eigenvalue weighted by atomic mass is 16.5. The van der Waals surface area contributed by atoms with Crippen molar-refractivity contribution >= 4 is 5.97 Å². The van der Waals surface area contributed by atoms with Crippen LogP contribution in [0, 0.1) is 0 Å². The van der Waals surface area contributed by atoms with Gasteiger partial charge in [-0.15, -0.1) is 0 Å². The molecule has 0 aromatic carbocycles. The van der Waals surface area contributed by atoms with E-state index in [2.05, 4.69) is 17.2 Å². The van der Waals surface area contributed by atoms with Gasteiger partial charge in [0.25, 0.3) is 0 Å². The van der Waals surface area contributed by atoms with E-state index in [0.717, 1.165) is 18.4 Å². The molecule has 94 valence electrons. The molecule has 0 radical (unpaired) electrons. The van der Waals surface area contributed by atoms with Crippen LogP contribution < -0.4 is 5.32 Å². The van der Waals surface area contributed by atoms with Crippen molar-refractivity contribution in [2.75, 3.05) is 13.2 Å². The second kappa shape index (κ2) is 7.79. The third-order valence-electron chi connectivity index (χ3n) is 2.52. The van der Waals surface area contributed by atoms with Crippen LogP contribution in [0.5, 0.6) is 0 Å². The number of carbonyl (C=O) groups excluding carboxylic acids is 1. The minimum atomic E-state index is -0.195. The summed E-state index contributed by atoms with van der Waals surface area (Å²) in [6.07, 6.45) is 5.44. The molecule has 1 heterocycles. The highest BCUT2D eigenvalue weighted by molar-refractivity contribution is 5.71. The topological polar surface area (TPSA) is 51.2 Å². The van der Waals surface area contributed by atoms with Crippen molar-refractivity contribution in [1.29, 1.82) is 0 Å². The largest absolute Gasteiger partial charge is 0.465 e. The van der Waals surface area contributed by atoms with E-state index in [9.17, 15) is 4.79 Å². The monoisotopic (exact) mass is 236 g/mol. The average molecular weight is 236 g/mol. The first-order valence-electron chi connectivity index (χ1n) is 6.03. The minimum Gasteiger partial charge on any atom is -0.465 e. The molecule has 4 heteroatoms. The van der Waals surface area contributed by atoms with E-state index in [-0.39, 0.29) is 18.6 Å². The van der Waals surface area contributed by atoms with Crippen molar-refractivity contribution in [3.63, 3.8) is 0 Å². The molecule has 0 spiro atoms. The molecule has 1 aromatic rings. The van der Waals surface area contributed by atoms with E-state index in [1.807, 2.05) is 19.1 Å². The van der Waals surface area contributed by atoms with Crippen LogP contribution in [0.3, 0.4) is 0 Å². The summed E-state index contributed by atoms with van der Waals surface area (Å²) in [7, 11) is 0. The van der Waals surface area contributed by atoms with E-state index in [0.29, 0.717) is 6.61 Å². The van der Waals surface area contributed by atoms with Crippen LogP contribution in [0.2, 0.25) is 0 Å². The number of nitrogens with one attached hydrogen (secondary N) is 1. The van der Waals surface area contributed by atoms with Crippen LogP contribution in [0.1, 0.15) is 38.3 Å². The fraction of sp³-hybridized carbons (Fsp3) is 0.538. The summed E-state index contributed by atoms with van der Waals surface area (Å²) in [5.41, 5.74) is 1.11. The Bertz CT molecular complexity index is 327. The molecule has 1 N–H and O–H groups in total. The summed E-state index contributed by atoms with van der Waals surface area (Å²) < 4.78 is 5.05. The maximum Gasteiger partial charge on any atom is 0.319 e. The predicted octanol–water partition coefficient (Wildman–Crippen LogP) is 2.08. The first-order valence-corrected chi connectivity index (χ1v) is 6.03. The van der Waals surface area contributed by atoms with Crippen LogP contribution in [0.4, 0.5) is 0 Å². The van der Waals surface area contributed by atoms with Gasteiger partial charge in [0, 0.05) is 18.4 Å². The van der Waals surface area contributed by atoms with Gasteiger partial charge >= 0.3 is 5.97 Å². The molecule has 1 atom stereocenters. The summed E-state index contributed by atoms with van der Waals surface area (Å²) in [5.74, 6) is -0.195. The number of pyridine rings is 1. The summed E-state index contributed by atoms with van der Waals surface area (Å²) in [5, 5.41) is 3.12. The van der Waals surface area contributed by atoms with Gasteiger partial charge in [0.05, 0.1) is 13.2 Å². The lowest BCUT2D eigenvalue weighted by Crippen LogP contribution is -2.27. The lowest BCUT2D eigenvalue weighted by atomic mass is 10.1. The molecular formula is C13H20N2O2. The zero-order valence-corrected chi connectivity index (χ0v) is 10.5. The lowest BCUT2D eigenvalue weighted by Gasteiger charge is -2.13. The van der Waals surface area contributed by atoms with Crippen molar-refractivity contribution in [3.8, 4) is 0 Å². The zero-order chi connectivity index (χ0) is 12.5. The molecule has 17 heavy (non-hydrogen) atoms. The molecule has 0 amide bonds. The van der Waals surface area contributed by atoms with Gasteiger partial charge in [-0.1, -0.05) is 13.3 Å². The molecule has 0 aliphatic carbocycles. The Hall–Kier alpha value is -1.42. The van der Waals surface area contributed by atoms with Gasteiger partial charge < -0.3 is 10.1 Å². The number of esters is 1. The summed E-state index contributed by atoms with van der Waals surface area (Å²) >= 11 is 0. The van der Waals surface area contributed by atoms with Crippen LogP contribution in [0.15, 0.2) is 24.5 Å². The van der Waals surface area contributed by atoms with Crippen LogP contribution in [-0.4, -0.2) is 24.1 Å². The smallest absolute Gasteiger partial charge is 0.319 e. The van der Waals surface area contributed by atoms with Gasteiger partial charge in [0.2, 0.25) is 0 Å². The Labute approximate surface area is 102 Å². The summed E-state index contributed by atoms with van der Waals surface area (Å²) in [6.45, 7) is 4.83. The molecule has 0 saturated carbocycles. The number of carbonyl (C=O) groups is 1. The van der Waals surface area contributed by atoms with Crippen LogP contribution in [0.25, 0.3) is 0 Å². The third kappa shape index (κ3) is 5.45. The molecule has 1 aromatic heterocycles. The zero-order valence-electron chi connectivity index (χ0n) is 10.5. The predicted molar refractivity (Wildman–Crippen MR) is 66.5 cm³/mol. The normalized spacial score (nSPS) is 12.1. The average Bonchev–Trinajstić information content (AvgIpc) is 2.37. The van der Waals surface area contributed by atoms with Crippen LogP contribution >= 0.6 is 0 Å². The highest BCUT2D eigenvalue weighted by Gasteiger charge is 2.07. The van der Waals surface area contributed by atoms with Gasteiger partial charge in [-0.3, -0.25) is 9.78 Å². The number of unbranched alkanes of at least 4 members (excludes halogenated alkanes) is 1. The Kier molecular flexibility index (Phi) is 6.25. The van der Waals surface area contributed by atoms with E-state index in [4.69, 9.17) is 4.74 Å². The Balaban J connectivity index is 2.24. The van der Waals surface area contributed by atoms with Crippen molar-refractivity contribution in [2.24, 2.45) is 0 Å². The van der Waals surface area contributed by atoms with Gasteiger partial charge in [-0.25, -0.2) is 0 Å². The van der Waals surface area contributed by atoms with Gasteiger partial charge in [0.15, 0.2) is 0 Å². The van der Waals surface area contributed by atoms with E-state index >= 15 is 0 Å². The Morgan fingerprint density at radius 2 is 2.18 bits per heavy atom. The second-order valence-corrected chi connectivity index (χ2v) is 3.96. The summed E-state index contributed by atoms with van der Waals surface area (Å²) in [6, 6.07) is 3.98. The quantitative estimate of drug-likeness (QED) is 0.581. The van der Waals surface area contributed by atoms with E-state index in [1.54, 1.807) is 12.4 Å². The maximum absolute atomic E-state index is 11.4. The number of rotatable bonds is 7. The minimum absolute atomic E-state index is 0.122. The standard InChI is InChI=1S/C13H20N2O2/c1-3-4-9-17-13(16)10-15-11(2)12-5-7-14-8-6-12/h5-8,11,15H,3-4,9-10H2,1-2H3/t11-/m1/s1. The molecule has 4 nitrogen and oxygen atoms in total. The van der Waals surface area contributed by atoms with Crippen molar-refractivity contribution in [2.45, 2.75) is 32.7 Å². The number of nitrogens with zero attached hydrogens (tertiary/aromatic N) is 1. The molecule has 0 saturated heterocycles. The number of hydrogen-bond donors (Lipinski definition) is 1. The highest BCUT2D eigenvalue weighted by Crippen LogP contribution is 2.09. The van der Waals surface area contributed by atoms with Crippen LogP contribution in [-0.2, 0) is 9.53 Å². The Morgan fingerprint density at radius 1 is 1.47 bits per heavy atom. The maximum atomic E-state index is 11.4. The molecule has 0 bridgehead atoms. The molecule has 1 rings (SSSR count). The van der Waals surface area contributed by atoms with Crippen molar-refractivity contribution in [3.05, 3.63) is 30.1 Å². The van der Waals surface area contributed by atoms with Gasteiger partial charge in [0.1, 0.15) is 0 Å². The Morgan fingerprint density at radius 3 is 2.82 bits per heavy atom.